The summed E-state index contributed by atoms with van der Waals surface area (Å²) < 4.78 is 0. The van der Waals surface area contributed by atoms with Gasteiger partial charge in [0.25, 0.3) is 0 Å². The van der Waals surface area contributed by atoms with E-state index in [0.717, 1.165) is 4.88 Å². The Balaban J connectivity index is 1.96. The number of thiophene rings is 1. The quantitative estimate of drug-likeness (QED) is 0.538. The predicted molar refractivity (Wildman–Crippen MR) is 96.3 cm³/mol. The third-order valence-corrected chi connectivity index (χ3v) is 5.33. The van der Waals surface area contributed by atoms with Gasteiger partial charge in [0.2, 0.25) is 5.78 Å². The van der Waals surface area contributed by atoms with Crippen LogP contribution in [0.1, 0.15) is 15.2 Å². The molecule has 0 spiro atoms. The van der Waals surface area contributed by atoms with Gasteiger partial charge in [-0.15, -0.1) is 11.3 Å². The zero-order valence-electron chi connectivity index (χ0n) is 11.5. The molecule has 0 fully saturated rings. The molecule has 6 heteroatoms. The van der Waals surface area contributed by atoms with Crippen molar-refractivity contribution in [1.29, 1.82) is 0 Å². The van der Waals surface area contributed by atoms with Crippen molar-refractivity contribution in [3.05, 3.63) is 74.0 Å². The standard InChI is InChI=1S/C17H9Cl3O2S/c18-10-3-1-9(2-4-10)16(21)14-8-7-13(23-14)11-5-6-12(19)17(22)15(11)20/h1-8,22H. The van der Waals surface area contributed by atoms with Crippen LogP contribution in [-0.4, -0.2) is 10.9 Å². The zero-order chi connectivity index (χ0) is 16.6. The molecule has 0 amide bonds. The summed E-state index contributed by atoms with van der Waals surface area (Å²) in [6.07, 6.45) is 0. The molecule has 2 aromatic carbocycles. The molecule has 1 N–H and O–H groups in total. The van der Waals surface area contributed by atoms with Crippen LogP contribution in [0.15, 0.2) is 48.5 Å². The molecule has 0 aliphatic rings. The minimum absolute atomic E-state index is 0.0905. The molecule has 3 rings (SSSR count). The van der Waals surface area contributed by atoms with E-state index in [1.54, 1.807) is 48.5 Å². The van der Waals surface area contributed by atoms with Crippen molar-refractivity contribution in [2.45, 2.75) is 0 Å². The maximum atomic E-state index is 12.5. The first-order valence-corrected chi connectivity index (χ1v) is 8.50. The molecule has 0 atom stereocenters. The number of carbonyl (C=O) groups excluding carboxylic acids is 1. The maximum absolute atomic E-state index is 12.5. The van der Waals surface area contributed by atoms with E-state index in [1.165, 1.54) is 11.3 Å². The molecule has 116 valence electrons. The molecule has 1 aromatic heterocycles. The van der Waals surface area contributed by atoms with E-state index in [2.05, 4.69) is 0 Å². The number of phenols is 1. The predicted octanol–water partition coefficient (Wildman–Crippen LogP) is 6.31. The molecule has 0 unspecified atom stereocenters. The fourth-order valence-corrected chi connectivity index (χ4v) is 3.73. The highest BCUT2D eigenvalue weighted by atomic mass is 35.5. The van der Waals surface area contributed by atoms with Crippen LogP contribution < -0.4 is 0 Å². The average Bonchev–Trinajstić information content (AvgIpc) is 3.02. The molecule has 3 aromatic rings. The van der Waals surface area contributed by atoms with E-state index in [4.69, 9.17) is 34.8 Å². The molecule has 1 heterocycles. The molecule has 0 saturated carbocycles. The Morgan fingerprint density at radius 1 is 0.913 bits per heavy atom. The Bertz CT molecular complexity index is 885. The summed E-state index contributed by atoms with van der Waals surface area (Å²) in [4.78, 5) is 13.8. The van der Waals surface area contributed by atoms with E-state index in [9.17, 15) is 9.90 Å². The summed E-state index contributed by atoms with van der Waals surface area (Å²) in [5.74, 6) is -0.253. The number of hydrogen-bond donors (Lipinski definition) is 1. The summed E-state index contributed by atoms with van der Waals surface area (Å²) in [7, 11) is 0. The van der Waals surface area contributed by atoms with Gasteiger partial charge in [-0.2, -0.15) is 0 Å². The third-order valence-electron chi connectivity index (χ3n) is 3.27. The van der Waals surface area contributed by atoms with Crippen molar-refractivity contribution in [2.75, 3.05) is 0 Å². The largest absolute Gasteiger partial charge is 0.505 e. The van der Waals surface area contributed by atoms with Gasteiger partial charge in [-0.1, -0.05) is 40.9 Å². The summed E-state index contributed by atoms with van der Waals surface area (Å²) in [5.41, 5.74) is 1.20. The highest BCUT2D eigenvalue weighted by molar-refractivity contribution is 7.17. The number of rotatable bonds is 3. The Labute approximate surface area is 151 Å². The molecule has 2 nitrogen and oxygen atoms in total. The normalized spacial score (nSPS) is 10.7. The van der Waals surface area contributed by atoms with Gasteiger partial charge in [-0.05, 0) is 42.5 Å². The minimum Gasteiger partial charge on any atom is -0.505 e. The second-order valence-corrected chi connectivity index (χ2v) is 7.06. The summed E-state index contributed by atoms with van der Waals surface area (Å²) in [6.45, 7) is 0. The number of benzene rings is 2. The molecule has 0 saturated heterocycles. The second kappa shape index (κ2) is 6.54. The Morgan fingerprint density at radius 2 is 1.61 bits per heavy atom. The van der Waals surface area contributed by atoms with Crippen LogP contribution >= 0.6 is 46.1 Å². The number of carbonyl (C=O) groups is 1. The number of ketones is 1. The number of phenolic OH excluding ortho intramolecular Hbond substituents is 1. The van der Waals surface area contributed by atoms with Crippen molar-refractivity contribution < 1.29 is 9.90 Å². The van der Waals surface area contributed by atoms with E-state index in [1.807, 2.05) is 0 Å². The molecule has 0 bridgehead atoms. The minimum atomic E-state index is -0.162. The van der Waals surface area contributed by atoms with Crippen LogP contribution in [0.3, 0.4) is 0 Å². The Morgan fingerprint density at radius 3 is 2.30 bits per heavy atom. The fourth-order valence-electron chi connectivity index (χ4n) is 2.08. The third kappa shape index (κ3) is 3.24. The van der Waals surface area contributed by atoms with Crippen molar-refractivity contribution >= 4 is 51.9 Å². The van der Waals surface area contributed by atoms with Gasteiger partial charge in [0, 0.05) is 21.0 Å². The molecular weight excluding hydrogens is 375 g/mol. The lowest BCUT2D eigenvalue weighted by Gasteiger charge is -2.05. The lowest BCUT2D eigenvalue weighted by atomic mass is 10.1. The molecule has 23 heavy (non-hydrogen) atoms. The van der Waals surface area contributed by atoms with Crippen LogP contribution in [0.2, 0.25) is 15.1 Å². The first-order valence-electron chi connectivity index (χ1n) is 6.55. The van der Waals surface area contributed by atoms with Gasteiger partial charge in [0.1, 0.15) is 0 Å². The molecular formula is C17H9Cl3O2S. The van der Waals surface area contributed by atoms with Gasteiger partial charge in [-0.25, -0.2) is 0 Å². The lowest BCUT2D eigenvalue weighted by molar-refractivity contribution is 0.104. The van der Waals surface area contributed by atoms with Gasteiger partial charge in [0.15, 0.2) is 5.75 Å². The Kier molecular flexibility index (Phi) is 4.64. The van der Waals surface area contributed by atoms with Crippen molar-refractivity contribution in [3.8, 4) is 16.2 Å². The van der Waals surface area contributed by atoms with Gasteiger partial charge >= 0.3 is 0 Å². The smallest absolute Gasteiger partial charge is 0.202 e. The number of hydrogen-bond acceptors (Lipinski definition) is 3. The van der Waals surface area contributed by atoms with Crippen LogP contribution in [0.4, 0.5) is 0 Å². The van der Waals surface area contributed by atoms with E-state index >= 15 is 0 Å². The first-order chi connectivity index (χ1) is 11.0. The van der Waals surface area contributed by atoms with Crippen LogP contribution in [0.5, 0.6) is 5.75 Å². The van der Waals surface area contributed by atoms with Crippen molar-refractivity contribution in [3.63, 3.8) is 0 Å². The van der Waals surface area contributed by atoms with Crippen molar-refractivity contribution in [1.82, 2.24) is 0 Å². The zero-order valence-corrected chi connectivity index (χ0v) is 14.6. The van der Waals surface area contributed by atoms with Gasteiger partial charge in [-0.3, -0.25) is 4.79 Å². The van der Waals surface area contributed by atoms with Crippen LogP contribution in [0.25, 0.3) is 10.4 Å². The average molecular weight is 384 g/mol. The second-order valence-electron chi connectivity index (χ2n) is 4.76. The van der Waals surface area contributed by atoms with Crippen LogP contribution in [0, 0.1) is 0 Å². The van der Waals surface area contributed by atoms with E-state index in [-0.39, 0.29) is 21.6 Å². The highest BCUT2D eigenvalue weighted by Gasteiger charge is 2.16. The maximum Gasteiger partial charge on any atom is 0.202 e. The van der Waals surface area contributed by atoms with Gasteiger partial charge < -0.3 is 5.11 Å². The number of aromatic hydroxyl groups is 1. The SMILES string of the molecule is O=C(c1ccc(Cl)cc1)c1ccc(-c2ccc(Cl)c(O)c2Cl)s1. The molecule has 0 aliphatic carbocycles. The van der Waals surface area contributed by atoms with Crippen LogP contribution in [-0.2, 0) is 0 Å². The first kappa shape index (κ1) is 16.3. The van der Waals surface area contributed by atoms with E-state index in [0.29, 0.717) is 21.0 Å². The molecule has 0 aliphatic heterocycles. The lowest BCUT2D eigenvalue weighted by Crippen LogP contribution is -1.97. The Hall–Kier alpha value is -1.52. The highest BCUT2D eigenvalue weighted by Crippen LogP contribution is 2.41. The number of halogens is 3. The summed E-state index contributed by atoms with van der Waals surface area (Å²) >= 11 is 19.1. The monoisotopic (exact) mass is 382 g/mol. The van der Waals surface area contributed by atoms with Crippen molar-refractivity contribution in [2.24, 2.45) is 0 Å². The summed E-state index contributed by atoms with van der Waals surface area (Å²) in [5, 5.41) is 10.8. The van der Waals surface area contributed by atoms with Gasteiger partial charge in [0.05, 0.1) is 14.9 Å². The molecule has 0 radical (unpaired) electrons. The van der Waals surface area contributed by atoms with E-state index < -0.39 is 0 Å². The summed E-state index contributed by atoms with van der Waals surface area (Å²) in [6, 6.07) is 13.5. The fraction of sp³-hybridized carbons (Fsp3) is 0. The topological polar surface area (TPSA) is 37.3 Å².